The minimum Gasteiger partial charge on any atom is -0.0885 e. The lowest BCUT2D eigenvalue weighted by Crippen LogP contribution is -1.93. The summed E-state index contributed by atoms with van der Waals surface area (Å²) in [4.78, 5) is 0. The summed E-state index contributed by atoms with van der Waals surface area (Å²) in [5.41, 5.74) is 0. The first kappa shape index (κ1) is 24.7. The molecule has 0 aromatic heterocycles. The largest absolute Gasteiger partial charge is 0.0885 e. The maximum absolute atomic E-state index is 2.44. The third-order valence-corrected chi connectivity index (χ3v) is 5.60. The predicted molar refractivity (Wildman–Crippen MR) is 117 cm³/mol. The Morgan fingerprint density at radius 3 is 1.72 bits per heavy atom. The standard InChI is InChI=1S/C25H50/c1-5-7-17-21-25(4)23-19-16-14-12-10-8-9-11-13-15-18-22-24(3)20-6-2/h16,19,24-25H,5-15,17-18,20-23H2,1-4H3. The highest BCUT2D eigenvalue weighted by molar-refractivity contribution is 4.83. The molecule has 25 heavy (non-hydrogen) atoms. The van der Waals surface area contributed by atoms with Crippen LogP contribution in [0.1, 0.15) is 137 Å². The maximum Gasteiger partial charge on any atom is -0.0325 e. The monoisotopic (exact) mass is 350 g/mol. The van der Waals surface area contributed by atoms with Gasteiger partial charge < -0.3 is 0 Å². The number of hydrogen-bond donors (Lipinski definition) is 0. The molecule has 0 radical (unpaired) electrons. The molecule has 0 aliphatic rings. The van der Waals surface area contributed by atoms with Crippen LogP contribution in [0.2, 0.25) is 0 Å². The first-order valence-electron chi connectivity index (χ1n) is 11.9. The zero-order chi connectivity index (χ0) is 18.6. The maximum atomic E-state index is 2.44. The molecule has 0 nitrogen and oxygen atoms in total. The van der Waals surface area contributed by atoms with Crippen molar-refractivity contribution in [2.75, 3.05) is 0 Å². The molecular weight excluding hydrogens is 300 g/mol. The molecule has 150 valence electrons. The van der Waals surface area contributed by atoms with Crippen LogP contribution in [0.3, 0.4) is 0 Å². The molecule has 0 rings (SSSR count). The van der Waals surface area contributed by atoms with Gasteiger partial charge in [-0.05, 0) is 31.1 Å². The van der Waals surface area contributed by atoms with E-state index < -0.39 is 0 Å². The van der Waals surface area contributed by atoms with E-state index in [1.807, 2.05) is 0 Å². The predicted octanol–water partition coefficient (Wildman–Crippen LogP) is 9.49. The third-order valence-electron chi connectivity index (χ3n) is 5.60. The van der Waals surface area contributed by atoms with Crippen LogP contribution in [0.5, 0.6) is 0 Å². The van der Waals surface area contributed by atoms with E-state index in [1.54, 1.807) is 0 Å². The molecule has 0 bridgehead atoms. The van der Waals surface area contributed by atoms with Crippen molar-refractivity contribution in [1.29, 1.82) is 0 Å². The summed E-state index contributed by atoms with van der Waals surface area (Å²) in [7, 11) is 0. The fourth-order valence-corrected chi connectivity index (χ4v) is 3.76. The summed E-state index contributed by atoms with van der Waals surface area (Å²) in [5, 5.41) is 0. The molecule has 0 heterocycles. The Kier molecular flexibility index (Phi) is 19.8. The molecule has 0 amide bonds. The normalized spacial score (nSPS) is 14.2. The number of allylic oxidation sites excluding steroid dienone is 2. The molecular formula is C25H50. The Labute approximate surface area is 161 Å². The number of hydrogen-bond acceptors (Lipinski definition) is 0. The van der Waals surface area contributed by atoms with E-state index in [2.05, 4.69) is 39.8 Å². The van der Waals surface area contributed by atoms with Crippen molar-refractivity contribution in [1.82, 2.24) is 0 Å². The van der Waals surface area contributed by atoms with Crippen molar-refractivity contribution in [3.8, 4) is 0 Å². The quantitative estimate of drug-likeness (QED) is 0.161. The molecule has 2 atom stereocenters. The van der Waals surface area contributed by atoms with E-state index in [9.17, 15) is 0 Å². The van der Waals surface area contributed by atoms with Gasteiger partial charge in [-0.15, -0.1) is 0 Å². The molecule has 2 unspecified atom stereocenters. The van der Waals surface area contributed by atoms with Gasteiger partial charge in [-0.2, -0.15) is 0 Å². The van der Waals surface area contributed by atoms with Crippen LogP contribution < -0.4 is 0 Å². The molecule has 0 heteroatoms. The van der Waals surface area contributed by atoms with Crippen molar-refractivity contribution in [3.63, 3.8) is 0 Å². The van der Waals surface area contributed by atoms with Crippen molar-refractivity contribution in [2.45, 2.75) is 137 Å². The molecule has 0 saturated carbocycles. The first-order chi connectivity index (χ1) is 12.2. The highest BCUT2D eigenvalue weighted by Crippen LogP contribution is 2.17. The highest BCUT2D eigenvalue weighted by atomic mass is 14.1. The topological polar surface area (TPSA) is 0 Å². The summed E-state index contributed by atoms with van der Waals surface area (Å²) in [6, 6.07) is 0. The minimum atomic E-state index is 0.882. The van der Waals surface area contributed by atoms with Crippen LogP contribution in [0.15, 0.2) is 12.2 Å². The molecule has 0 fully saturated rings. The van der Waals surface area contributed by atoms with Gasteiger partial charge in [-0.3, -0.25) is 0 Å². The van der Waals surface area contributed by atoms with Crippen LogP contribution in [-0.4, -0.2) is 0 Å². The van der Waals surface area contributed by atoms with E-state index in [0.29, 0.717) is 0 Å². The van der Waals surface area contributed by atoms with Gasteiger partial charge in [0.15, 0.2) is 0 Å². The van der Waals surface area contributed by atoms with Crippen LogP contribution >= 0.6 is 0 Å². The van der Waals surface area contributed by atoms with E-state index in [0.717, 1.165) is 11.8 Å². The van der Waals surface area contributed by atoms with E-state index >= 15 is 0 Å². The summed E-state index contributed by atoms with van der Waals surface area (Å²) in [5.74, 6) is 1.84. The summed E-state index contributed by atoms with van der Waals surface area (Å²) < 4.78 is 0. The Hall–Kier alpha value is -0.260. The van der Waals surface area contributed by atoms with Gasteiger partial charge in [-0.25, -0.2) is 0 Å². The lowest BCUT2D eigenvalue weighted by molar-refractivity contribution is 0.450. The van der Waals surface area contributed by atoms with E-state index in [-0.39, 0.29) is 0 Å². The molecule has 0 saturated heterocycles. The second kappa shape index (κ2) is 20.1. The van der Waals surface area contributed by atoms with E-state index in [4.69, 9.17) is 0 Å². The fraction of sp³-hybridized carbons (Fsp3) is 0.920. The Bertz CT molecular complexity index is 265. The minimum absolute atomic E-state index is 0.882. The van der Waals surface area contributed by atoms with Gasteiger partial charge in [0, 0.05) is 0 Å². The van der Waals surface area contributed by atoms with Gasteiger partial charge in [0.25, 0.3) is 0 Å². The van der Waals surface area contributed by atoms with Crippen LogP contribution in [0.25, 0.3) is 0 Å². The second-order valence-corrected chi connectivity index (χ2v) is 8.61. The van der Waals surface area contributed by atoms with Crippen LogP contribution in [-0.2, 0) is 0 Å². The summed E-state index contributed by atoms with van der Waals surface area (Å²) in [6.07, 6.45) is 28.9. The van der Waals surface area contributed by atoms with Crippen molar-refractivity contribution >= 4 is 0 Å². The zero-order valence-corrected chi connectivity index (χ0v) is 18.3. The zero-order valence-electron chi connectivity index (χ0n) is 18.3. The van der Waals surface area contributed by atoms with E-state index in [1.165, 1.54) is 109 Å². The van der Waals surface area contributed by atoms with Crippen LogP contribution in [0.4, 0.5) is 0 Å². The van der Waals surface area contributed by atoms with Gasteiger partial charge in [-0.1, -0.05) is 130 Å². The van der Waals surface area contributed by atoms with Crippen LogP contribution in [0, 0.1) is 11.8 Å². The van der Waals surface area contributed by atoms with Gasteiger partial charge in [0.1, 0.15) is 0 Å². The first-order valence-corrected chi connectivity index (χ1v) is 11.9. The molecule has 0 aromatic carbocycles. The SMILES string of the molecule is CCCCCC(C)CC=CCCCCCCCCCCC(C)CCC. The molecule has 0 aromatic rings. The Morgan fingerprint density at radius 2 is 1.08 bits per heavy atom. The third kappa shape index (κ3) is 19.9. The molecule has 0 N–H and O–H groups in total. The summed E-state index contributed by atoms with van der Waals surface area (Å²) >= 11 is 0. The Morgan fingerprint density at radius 1 is 0.520 bits per heavy atom. The summed E-state index contributed by atoms with van der Waals surface area (Å²) in [6.45, 7) is 9.43. The lowest BCUT2D eigenvalue weighted by Gasteiger charge is -2.09. The van der Waals surface area contributed by atoms with Crippen molar-refractivity contribution < 1.29 is 0 Å². The lowest BCUT2D eigenvalue weighted by atomic mass is 9.98. The molecule has 0 aliphatic heterocycles. The fourth-order valence-electron chi connectivity index (χ4n) is 3.76. The van der Waals surface area contributed by atoms with Gasteiger partial charge >= 0.3 is 0 Å². The van der Waals surface area contributed by atoms with Crippen molar-refractivity contribution in [3.05, 3.63) is 12.2 Å². The Balaban J connectivity index is 3.21. The smallest absolute Gasteiger partial charge is 0.0325 e. The average molecular weight is 351 g/mol. The number of rotatable bonds is 19. The van der Waals surface area contributed by atoms with Gasteiger partial charge in [0.2, 0.25) is 0 Å². The van der Waals surface area contributed by atoms with Crippen molar-refractivity contribution in [2.24, 2.45) is 11.8 Å². The van der Waals surface area contributed by atoms with Gasteiger partial charge in [0.05, 0.1) is 0 Å². The average Bonchev–Trinajstić information content (AvgIpc) is 2.59. The number of unbranched alkanes of at least 4 members (excludes halogenated alkanes) is 10. The second-order valence-electron chi connectivity index (χ2n) is 8.61. The molecule has 0 aliphatic carbocycles. The molecule has 0 spiro atoms. The highest BCUT2D eigenvalue weighted by Gasteiger charge is 2.00.